The van der Waals surface area contributed by atoms with E-state index < -0.39 is 0 Å². The first-order chi connectivity index (χ1) is 12.0. The van der Waals surface area contributed by atoms with Crippen molar-refractivity contribution in [3.05, 3.63) is 35.4 Å². The number of nitrogens with zero attached hydrogens (tertiary/aromatic N) is 2. The molecule has 1 aromatic rings. The van der Waals surface area contributed by atoms with Gasteiger partial charge in [-0.2, -0.15) is 0 Å². The van der Waals surface area contributed by atoms with Gasteiger partial charge in [0.1, 0.15) is 6.61 Å². The van der Waals surface area contributed by atoms with Crippen molar-refractivity contribution in [2.75, 3.05) is 33.9 Å². The molecule has 1 amide bonds. The summed E-state index contributed by atoms with van der Waals surface area (Å²) in [6.07, 6.45) is 3.66. The number of amides is 1. The molecule has 2 fully saturated rings. The number of hydrogen-bond acceptors (Lipinski definition) is 4. The van der Waals surface area contributed by atoms with E-state index in [0.29, 0.717) is 18.8 Å². The largest absolute Gasteiger partial charge is 0.371 e. The van der Waals surface area contributed by atoms with Crippen LogP contribution >= 0.6 is 0 Å². The second-order valence-corrected chi connectivity index (χ2v) is 7.49. The maximum atomic E-state index is 11.6. The molecular formula is C20H30N2O3. The molecule has 25 heavy (non-hydrogen) atoms. The highest BCUT2D eigenvalue weighted by Gasteiger charge is 2.39. The number of carbonyl (C=O) groups excluding carboxylic acids is 1. The molecule has 3 rings (SSSR count). The van der Waals surface area contributed by atoms with Gasteiger partial charge in [0.25, 0.3) is 0 Å². The Morgan fingerprint density at radius 2 is 2.16 bits per heavy atom. The molecule has 2 aliphatic rings. The van der Waals surface area contributed by atoms with Crippen molar-refractivity contribution < 1.29 is 14.3 Å². The SMILES string of the molecule is Cc1cccc(CN2CC[C@H]3O[C@H](COCC(=O)N(C)C)CC[C@H]32)c1. The van der Waals surface area contributed by atoms with E-state index >= 15 is 0 Å². The molecule has 1 aromatic carbocycles. The lowest BCUT2D eigenvalue weighted by atomic mass is 9.99. The van der Waals surface area contributed by atoms with Gasteiger partial charge in [-0.1, -0.05) is 29.8 Å². The number of hydrogen-bond donors (Lipinski definition) is 0. The van der Waals surface area contributed by atoms with Crippen LogP contribution in [0.4, 0.5) is 0 Å². The minimum absolute atomic E-state index is 0.00104. The van der Waals surface area contributed by atoms with Crippen LogP contribution in [0.15, 0.2) is 24.3 Å². The van der Waals surface area contributed by atoms with Gasteiger partial charge < -0.3 is 14.4 Å². The lowest BCUT2D eigenvalue weighted by Crippen LogP contribution is -2.43. The number of fused-ring (bicyclic) bond motifs is 1. The minimum Gasteiger partial charge on any atom is -0.371 e. The molecule has 5 heteroatoms. The number of likely N-dealkylation sites (N-methyl/N-ethyl adjacent to an activating group) is 1. The Balaban J connectivity index is 1.46. The van der Waals surface area contributed by atoms with E-state index in [4.69, 9.17) is 9.47 Å². The zero-order valence-corrected chi connectivity index (χ0v) is 15.6. The van der Waals surface area contributed by atoms with Crippen molar-refractivity contribution in [1.82, 2.24) is 9.80 Å². The van der Waals surface area contributed by atoms with Crippen LogP contribution in [0.5, 0.6) is 0 Å². The lowest BCUT2D eigenvalue weighted by molar-refractivity contribution is -0.138. The van der Waals surface area contributed by atoms with Crippen LogP contribution in [0.25, 0.3) is 0 Å². The number of aryl methyl sites for hydroxylation is 1. The van der Waals surface area contributed by atoms with Crippen LogP contribution in [-0.4, -0.2) is 67.8 Å². The fourth-order valence-corrected chi connectivity index (χ4v) is 3.86. The summed E-state index contributed by atoms with van der Waals surface area (Å²) in [6, 6.07) is 9.28. The number of likely N-dealkylation sites (tertiary alicyclic amines) is 1. The average Bonchev–Trinajstić information content (AvgIpc) is 2.97. The number of carbonyl (C=O) groups is 1. The van der Waals surface area contributed by atoms with Crippen LogP contribution < -0.4 is 0 Å². The van der Waals surface area contributed by atoms with E-state index in [2.05, 4.69) is 36.1 Å². The average molecular weight is 346 g/mol. The van der Waals surface area contributed by atoms with Crippen LogP contribution in [0, 0.1) is 6.92 Å². The van der Waals surface area contributed by atoms with Crippen molar-refractivity contribution in [2.45, 2.75) is 51.0 Å². The van der Waals surface area contributed by atoms with Crippen LogP contribution in [-0.2, 0) is 20.8 Å². The summed E-state index contributed by atoms with van der Waals surface area (Å²) in [4.78, 5) is 15.7. The normalized spacial score (nSPS) is 26.4. The summed E-state index contributed by atoms with van der Waals surface area (Å²) in [5.74, 6) is -0.00104. The molecule has 0 unspecified atom stereocenters. The molecule has 0 saturated carbocycles. The van der Waals surface area contributed by atoms with Gasteiger partial charge in [0.2, 0.25) is 5.91 Å². The maximum absolute atomic E-state index is 11.6. The smallest absolute Gasteiger partial charge is 0.248 e. The van der Waals surface area contributed by atoms with Gasteiger partial charge in [-0.05, 0) is 31.7 Å². The van der Waals surface area contributed by atoms with Crippen molar-refractivity contribution in [1.29, 1.82) is 0 Å². The van der Waals surface area contributed by atoms with Crippen molar-refractivity contribution in [3.63, 3.8) is 0 Å². The highest BCUT2D eigenvalue weighted by molar-refractivity contribution is 5.76. The summed E-state index contributed by atoms with van der Waals surface area (Å²) in [5, 5.41) is 0. The quantitative estimate of drug-likeness (QED) is 0.792. The molecule has 0 radical (unpaired) electrons. The summed E-state index contributed by atoms with van der Waals surface area (Å²) in [7, 11) is 3.49. The van der Waals surface area contributed by atoms with Gasteiger partial charge in [0.05, 0.1) is 18.8 Å². The Morgan fingerprint density at radius 3 is 2.92 bits per heavy atom. The Morgan fingerprint density at radius 1 is 1.32 bits per heavy atom. The van der Waals surface area contributed by atoms with Crippen molar-refractivity contribution >= 4 is 5.91 Å². The first-order valence-corrected chi connectivity index (χ1v) is 9.26. The number of rotatable bonds is 6. The van der Waals surface area contributed by atoms with Crippen LogP contribution in [0.1, 0.15) is 30.4 Å². The first-order valence-electron chi connectivity index (χ1n) is 9.26. The summed E-state index contributed by atoms with van der Waals surface area (Å²) in [5.41, 5.74) is 2.70. The van der Waals surface area contributed by atoms with E-state index in [0.717, 1.165) is 32.4 Å². The standard InChI is InChI=1S/C20H30N2O3/c1-15-5-4-6-16(11-15)12-22-10-9-19-18(22)8-7-17(25-19)13-24-14-20(23)21(2)3/h4-6,11,17-19H,7-10,12-14H2,1-3H3/t17-,18+,19+/m0/s1. The zero-order valence-electron chi connectivity index (χ0n) is 15.6. The fraction of sp³-hybridized carbons (Fsp3) is 0.650. The predicted molar refractivity (Wildman–Crippen MR) is 97.4 cm³/mol. The molecule has 138 valence electrons. The van der Waals surface area contributed by atoms with Crippen LogP contribution in [0.2, 0.25) is 0 Å². The van der Waals surface area contributed by atoms with Crippen molar-refractivity contribution in [2.24, 2.45) is 0 Å². The second kappa shape index (κ2) is 8.30. The predicted octanol–water partition coefficient (Wildman–Crippen LogP) is 2.22. The molecule has 2 heterocycles. The molecule has 2 aliphatic heterocycles. The first kappa shape index (κ1) is 18.4. The van der Waals surface area contributed by atoms with Gasteiger partial charge in [-0.15, -0.1) is 0 Å². The van der Waals surface area contributed by atoms with E-state index in [1.807, 2.05) is 0 Å². The minimum atomic E-state index is -0.00104. The van der Waals surface area contributed by atoms with E-state index in [1.165, 1.54) is 11.1 Å². The second-order valence-electron chi connectivity index (χ2n) is 7.49. The van der Waals surface area contributed by atoms with E-state index in [9.17, 15) is 4.79 Å². The summed E-state index contributed by atoms with van der Waals surface area (Å²) >= 11 is 0. The summed E-state index contributed by atoms with van der Waals surface area (Å²) in [6.45, 7) is 4.90. The molecule has 0 aliphatic carbocycles. The molecular weight excluding hydrogens is 316 g/mol. The van der Waals surface area contributed by atoms with Gasteiger partial charge >= 0.3 is 0 Å². The highest BCUT2D eigenvalue weighted by Crippen LogP contribution is 2.32. The molecule has 3 atom stereocenters. The molecule has 2 saturated heterocycles. The third-order valence-electron chi connectivity index (χ3n) is 5.25. The molecule has 0 bridgehead atoms. The highest BCUT2D eigenvalue weighted by atomic mass is 16.5. The maximum Gasteiger partial charge on any atom is 0.248 e. The number of benzene rings is 1. The van der Waals surface area contributed by atoms with E-state index in [1.54, 1.807) is 19.0 Å². The van der Waals surface area contributed by atoms with E-state index in [-0.39, 0.29) is 18.6 Å². The molecule has 0 spiro atoms. The fourth-order valence-electron chi connectivity index (χ4n) is 3.86. The summed E-state index contributed by atoms with van der Waals surface area (Å²) < 4.78 is 11.8. The third-order valence-corrected chi connectivity index (χ3v) is 5.25. The Kier molecular flexibility index (Phi) is 6.10. The van der Waals surface area contributed by atoms with Gasteiger partial charge in [0.15, 0.2) is 0 Å². The van der Waals surface area contributed by atoms with Gasteiger partial charge in [-0.25, -0.2) is 0 Å². The number of ether oxygens (including phenoxy) is 2. The van der Waals surface area contributed by atoms with Crippen LogP contribution in [0.3, 0.4) is 0 Å². The Bertz CT molecular complexity index is 590. The van der Waals surface area contributed by atoms with Gasteiger partial charge in [0, 0.05) is 33.2 Å². The Hall–Kier alpha value is -1.43. The molecule has 0 aromatic heterocycles. The topological polar surface area (TPSA) is 42.0 Å². The Labute approximate surface area is 150 Å². The van der Waals surface area contributed by atoms with Crippen molar-refractivity contribution in [3.8, 4) is 0 Å². The molecule has 5 nitrogen and oxygen atoms in total. The zero-order chi connectivity index (χ0) is 17.8. The third kappa shape index (κ3) is 4.81. The molecule has 0 N–H and O–H groups in total. The lowest BCUT2D eigenvalue weighted by Gasteiger charge is -2.36. The van der Waals surface area contributed by atoms with Gasteiger partial charge in [-0.3, -0.25) is 9.69 Å². The monoisotopic (exact) mass is 346 g/mol.